The third-order valence-electron chi connectivity index (χ3n) is 7.03. The van der Waals surface area contributed by atoms with E-state index in [1.165, 1.54) is 10.4 Å². The van der Waals surface area contributed by atoms with E-state index in [9.17, 15) is 5.11 Å². The maximum absolute atomic E-state index is 10.9. The zero-order valence-corrected chi connectivity index (χ0v) is 23.9. The summed E-state index contributed by atoms with van der Waals surface area (Å²) < 4.78 is 6.98. The molecule has 0 aliphatic carbocycles. The molecule has 1 unspecified atom stereocenters. The predicted octanol–water partition coefficient (Wildman–Crippen LogP) is 6.47. The van der Waals surface area contributed by atoms with Crippen molar-refractivity contribution in [3.63, 3.8) is 0 Å². The molecule has 180 valence electrons. The van der Waals surface area contributed by atoms with E-state index in [2.05, 4.69) is 114 Å². The summed E-state index contributed by atoms with van der Waals surface area (Å²) in [6.07, 6.45) is 2.31. The van der Waals surface area contributed by atoms with Crippen LogP contribution >= 0.6 is 0 Å². The molecule has 0 bridgehead atoms. The molecule has 2 aromatic carbocycles. The summed E-state index contributed by atoms with van der Waals surface area (Å²) in [5.74, 6) is 0. The van der Waals surface area contributed by atoms with Gasteiger partial charge in [0.25, 0.3) is 8.32 Å². The minimum atomic E-state index is -2.50. The molecule has 0 heterocycles. The first-order chi connectivity index (χ1) is 15.2. The van der Waals surface area contributed by atoms with Crippen LogP contribution in [0.1, 0.15) is 47.0 Å². The summed E-state index contributed by atoms with van der Waals surface area (Å²) in [4.78, 5) is 0. The summed E-state index contributed by atoms with van der Waals surface area (Å²) in [6, 6.07) is 21.5. The van der Waals surface area contributed by atoms with Gasteiger partial charge in [0.1, 0.15) is 0 Å². The highest BCUT2D eigenvalue weighted by molar-refractivity contribution is 6.99. The Balaban J connectivity index is 2.17. The number of hydrogen-bond acceptors (Lipinski definition) is 2. The second kappa shape index (κ2) is 10.7. The fraction of sp³-hybridized carbons (Fsp3) is 0.448. The standard InChI is InChI=1S/C29H44O2Si2/c1-24(25(2)23-29(6,30)32(7,8)9)17-16-22-31-33(28(3,4)5,26-18-12-10-13-19-26)27-20-14-11-15-21-27/h10-15,18-21,30H,1-2,16-17,22-23H2,3-9H3. The van der Waals surface area contributed by atoms with Crippen molar-refractivity contribution in [2.45, 2.75) is 76.9 Å². The van der Waals surface area contributed by atoms with Crippen LogP contribution in [-0.2, 0) is 4.43 Å². The highest BCUT2D eigenvalue weighted by Gasteiger charge is 2.50. The van der Waals surface area contributed by atoms with E-state index >= 15 is 0 Å². The molecule has 1 atom stereocenters. The summed E-state index contributed by atoms with van der Waals surface area (Å²) in [5, 5.41) is 12.8. The zero-order chi connectivity index (χ0) is 24.9. The predicted molar refractivity (Wildman–Crippen MR) is 150 cm³/mol. The molecule has 0 aliphatic heterocycles. The van der Waals surface area contributed by atoms with Crippen LogP contribution in [0, 0.1) is 0 Å². The van der Waals surface area contributed by atoms with Gasteiger partial charge in [-0.05, 0) is 41.6 Å². The maximum Gasteiger partial charge on any atom is 0.261 e. The zero-order valence-electron chi connectivity index (χ0n) is 21.9. The first-order valence-corrected chi connectivity index (χ1v) is 17.5. The minimum absolute atomic E-state index is 0.0215. The Hall–Kier alpha value is -1.73. The van der Waals surface area contributed by atoms with Gasteiger partial charge in [-0.2, -0.15) is 0 Å². The lowest BCUT2D eigenvalue weighted by molar-refractivity contribution is 0.136. The van der Waals surface area contributed by atoms with Crippen LogP contribution in [0.5, 0.6) is 0 Å². The topological polar surface area (TPSA) is 29.5 Å². The number of rotatable bonds is 11. The number of aliphatic hydroxyl groups is 1. The summed E-state index contributed by atoms with van der Waals surface area (Å²) in [7, 11) is -4.22. The molecule has 0 aromatic heterocycles. The summed E-state index contributed by atoms with van der Waals surface area (Å²) in [6.45, 7) is 24.6. The molecule has 2 aromatic rings. The Kier molecular flexibility index (Phi) is 8.91. The highest BCUT2D eigenvalue weighted by Crippen LogP contribution is 2.37. The number of benzene rings is 2. The van der Waals surface area contributed by atoms with Crippen LogP contribution in [0.2, 0.25) is 24.7 Å². The van der Waals surface area contributed by atoms with Crippen molar-refractivity contribution in [1.29, 1.82) is 0 Å². The van der Waals surface area contributed by atoms with E-state index in [0.717, 1.165) is 24.0 Å². The molecule has 4 heteroatoms. The van der Waals surface area contributed by atoms with Crippen molar-refractivity contribution in [3.05, 3.63) is 85.0 Å². The van der Waals surface area contributed by atoms with Gasteiger partial charge in [-0.25, -0.2) is 0 Å². The largest absolute Gasteiger partial charge is 0.407 e. The number of allylic oxidation sites excluding steroid dienone is 1. The average molecular weight is 481 g/mol. The van der Waals surface area contributed by atoms with Gasteiger partial charge in [-0.15, -0.1) is 0 Å². The van der Waals surface area contributed by atoms with Crippen LogP contribution in [-0.4, -0.2) is 33.3 Å². The summed E-state index contributed by atoms with van der Waals surface area (Å²) >= 11 is 0. The molecular formula is C29H44O2Si2. The Morgan fingerprint density at radius 1 is 0.818 bits per heavy atom. The molecule has 0 aliphatic rings. The molecule has 2 nitrogen and oxygen atoms in total. The number of hydrogen-bond donors (Lipinski definition) is 1. The lowest BCUT2D eigenvalue weighted by Gasteiger charge is -2.43. The molecule has 0 saturated heterocycles. The van der Waals surface area contributed by atoms with E-state index < -0.39 is 21.6 Å². The maximum atomic E-state index is 10.9. The lowest BCUT2D eigenvalue weighted by atomic mass is 9.99. The lowest BCUT2D eigenvalue weighted by Crippen LogP contribution is -2.66. The van der Waals surface area contributed by atoms with Crippen LogP contribution in [0.25, 0.3) is 0 Å². The van der Waals surface area contributed by atoms with Crippen LogP contribution in [0.3, 0.4) is 0 Å². The fourth-order valence-electron chi connectivity index (χ4n) is 4.25. The molecular weight excluding hydrogens is 436 g/mol. The third-order valence-corrected chi connectivity index (χ3v) is 15.5. The third kappa shape index (κ3) is 6.45. The molecule has 33 heavy (non-hydrogen) atoms. The Morgan fingerprint density at radius 3 is 1.67 bits per heavy atom. The molecule has 1 N–H and O–H groups in total. The van der Waals surface area contributed by atoms with Crippen molar-refractivity contribution in [2.75, 3.05) is 6.61 Å². The van der Waals surface area contributed by atoms with E-state index in [4.69, 9.17) is 4.43 Å². The van der Waals surface area contributed by atoms with Crippen molar-refractivity contribution >= 4 is 26.8 Å². The van der Waals surface area contributed by atoms with Crippen molar-refractivity contribution in [2.24, 2.45) is 0 Å². The molecule has 0 saturated carbocycles. The second-order valence-electron chi connectivity index (χ2n) is 11.5. The smallest absolute Gasteiger partial charge is 0.261 e. The van der Waals surface area contributed by atoms with Crippen LogP contribution in [0.4, 0.5) is 0 Å². The molecule has 0 spiro atoms. The second-order valence-corrected chi connectivity index (χ2v) is 21.4. The average Bonchev–Trinajstić information content (AvgIpc) is 2.73. The van der Waals surface area contributed by atoms with Gasteiger partial charge in [0.15, 0.2) is 0 Å². The Morgan fingerprint density at radius 2 is 1.27 bits per heavy atom. The van der Waals surface area contributed by atoms with Crippen LogP contribution in [0.15, 0.2) is 85.0 Å². The van der Waals surface area contributed by atoms with Gasteiger partial charge in [0.05, 0.1) is 13.3 Å². The first kappa shape index (κ1) is 27.5. The van der Waals surface area contributed by atoms with Crippen molar-refractivity contribution in [3.8, 4) is 0 Å². The van der Waals surface area contributed by atoms with Gasteiger partial charge in [-0.3, -0.25) is 0 Å². The van der Waals surface area contributed by atoms with E-state index in [1.807, 2.05) is 6.92 Å². The van der Waals surface area contributed by atoms with E-state index in [1.54, 1.807) is 0 Å². The van der Waals surface area contributed by atoms with E-state index in [0.29, 0.717) is 13.0 Å². The molecule has 2 rings (SSSR count). The molecule has 0 radical (unpaired) electrons. The van der Waals surface area contributed by atoms with Crippen molar-refractivity contribution < 1.29 is 9.53 Å². The van der Waals surface area contributed by atoms with Gasteiger partial charge < -0.3 is 9.53 Å². The fourth-order valence-corrected chi connectivity index (χ4v) is 9.60. The highest BCUT2D eigenvalue weighted by atomic mass is 28.4. The Labute approximate surface area is 204 Å². The van der Waals surface area contributed by atoms with Gasteiger partial charge in [-0.1, -0.05) is 125 Å². The van der Waals surface area contributed by atoms with Gasteiger partial charge in [0.2, 0.25) is 0 Å². The molecule has 0 fully saturated rings. The molecule has 0 amide bonds. The monoisotopic (exact) mass is 480 g/mol. The van der Waals surface area contributed by atoms with Crippen LogP contribution < -0.4 is 10.4 Å². The van der Waals surface area contributed by atoms with Gasteiger partial charge >= 0.3 is 0 Å². The minimum Gasteiger partial charge on any atom is -0.407 e. The van der Waals surface area contributed by atoms with Gasteiger partial charge in [0, 0.05) is 6.61 Å². The van der Waals surface area contributed by atoms with Crippen molar-refractivity contribution in [1.82, 2.24) is 0 Å². The van der Waals surface area contributed by atoms with E-state index in [-0.39, 0.29) is 5.04 Å². The Bertz CT molecular complexity index is 880. The normalized spacial score (nSPS) is 14.5. The summed E-state index contributed by atoms with van der Waals surface area (Å²) in [5.41, 5.74) is 1.99. The SMILES string of the molecule is C=C(CCCO[Si](c1ccccc1)(c1ccccc1)C(C)(C)C)C(=C)CC(C)(O)[Si](C)(C)C. The first-order valence-electron chi connectivity index (χ1n) is 12.1. The quantitative estimate of drug-likeness (QED) is 0.227.